The SMILES string of the molecule is C#CCCO[C@@]12C[C@@H]3[C@@H](NC(=O)c4ccc(Br)n43)[C@@H]1NC(=O)N2C. The highest BCUT2D eigenvalue weighted by Crippen LogP contribution is 2.48. The minimum atomic E-state index is -0.818. The molecule has 2 N–H and O–H groups in total. The van der Waals surface area contributed by atoms with Crippen molar-refractivity contribution in [2.75, 3.05) is 13.7 Å². The summed E-state index contributed by atoms with van der Waals surface area (Å²) in [5.74, 6) is 2.41. The normalized spacial score (nSPS) is 33.4. The van der Waals surface area contributed by atoms with Crippen molar-refractivity contribution >= 4 is 27.9 Å². The van der Waals surface area contributed by atoms with Gasteiger partial charge in [0.05, 0.1) is 23.3 Å². The summed E-state index contributed by atoms with van der Waals surface area (Å²) in [6.07, 6.45) is 6.36. The Hall–Kier alpha value is -1.98. The summed E-state index contributed by atoms with van der Waals surface area (Å²) in [5, 5.41) is 6.00. The number of carbonyl (C=O) groups is 2. The van der Waals surface area contributed by atoms with Gasteiger partial charge in [-0.2, -0.15) is 0 Å². The first kappa shape index (κ1) is 15.5. The van der Waals surface area contributed by atoms with Gasteiger partial charge in [0.15, 0.2) is 5.72 Å². The van der Waals surface area contributed by atoms with Crippen molar-refractivity contribution in [2.45, 2.75) is 36.7 Å². The molecule has 3 aliphatic rings. The van der Waals surface area contributed by atoms with Gasteiger partial charge in [0.25, 0.3) is 5.91 Å². The number of amides is 3. The zero-order valence-corrected chi connectivity index (χ0v) is 14.7. The van der Waals surface area contributed by atoms with Gasteiger partial charge < -0.3 is 19.9 Å². The Morgan fingerprint density at radius 3 is 3.00 bits per heavy atom. The first-order valence-corrected chi connectivity index (χ1v) is 8.58. The molecule has 0 aromatic carbocycles. The molecule has 126 valence electrons. The van der Waals surface area contributed by atoms with Crippen LogP contribution in [-0.2, 0) is 4.74 Å². The number of urea groups is 1. The van der Waals surface area contributed by atoms with E-state index >= 15 is 0 Å². The zero-order valence-electron chi connectivity index (χ0n) is 13.1. The summed E-state index contributed by atoms with van der Waals surface area (Å²) < 4.78 is 8.94. The van der Waals surface area contributed by atoms with Crippen molar-refractivity contribution in [1.82, 2.24) is 20.1 Å². The molecule has 4 atom stereocenters. The van der Waals surface area contributed by atoms with Crippen molar-refractivity contribution in [3.8, 4) is 12.3 Å². The van der Waals surface area contributed by atoms with Crippen LogP contribution < -0.4 is 10.6 Å². The zero-order chi connectivity index (χ0) is 17.1. The van der Waals surface area contributed by atoms with Gasteiger partial charge in [-0.25, -0.2) is 4.79 Å². The number of hydrogen-bond acceptors (Lipinski definition) is 3. The second-order valence-electron chi connectivity index (χ2n) is 6.32. The summed E-state index contributed by atoms with van der Waals surface area (Å²) in [5.41, 5.74) is -0.210. The molecule has 1 aromatic rings. The smallest absolute Gasteiger partial charge is 0.319 e. The average Bonchev–Trinajstić information content (AvgIpc) is 3.15. The Labute approximate surface area is 147 Å². The number of terminal acetylenes is 1. The van der Waals surface area contributed by atoms with E-state index in [-0.39, 0.29) is 30.1 Å². The molecule has 0 bridgehead atoms. The second kappa shape index (κ2) is 5.26. The van der Waals surface area contributed by atoms with Crippen LogP contribution in [0, 0.1) is 12.3 Å². The number of nitrogens with zero attached hydrogens (tertiary/aromatic N) is 2. The number of rotatable bonds is 3. The topological polar surface area (TPSA) is 75.6 Å². The summed E-state index contributed by atoms with van der Waals surface area (Å²) in [6.45, 7) is 0.361. The van der Waals surface area contributed by atoms with Crippen LogP contribution in [0.3, 0.4) is 0 Å². The largest absolute Gasteiger partial charge is 0.352 e. The molecule has 1 aliphatic carbocycles. The van der Waals surface area contributed by atoms with Gasteiger partial charge in [-0.1, -0.05) is 0 Å². The predicted molar refractivity (Wildman–Crippen MR) is 89.3 cm³/mol. The van der Waals surface area contributed by atoms with Gasteiger partial charge in [-0.3, -0.25) is 9.69 Å². The molecule has 2 aliphatic heterocycles. The van der Waals surface area contributed by atoms with Gasteiger partial charge in [-0.05, 0) is 28.1 Å². The van der Waals surface area contributed by atoms with Gasteiger partial charge in [-0.15, -0.1) is 12.3 Å². The van der Waals surface area contributed by atoms with Crippen LogP contribution in [0.4, 0.5) is 4.79 Å². The van der Waals surface area contributed by atoms with Gasteiger partial charge in [0, 0.05) is 19.9 Å². The number of halogens is 1. The Morgan fingerprint density at radius 2 is 2.25 bits per heavy atom. The van der Waals surface area contributed by atoms with E-state index in [0.717, 1.165) is 4.60 Å². The van der Waals surface area contributed by atoms with Gasteiger partial charge in [0.1, 0.15) is 11.7 Å². The lowest BCUT2D eigenvalue weighted by atomic mass is 10.0. The Kier molecular flexibility index (Phi) is 3.41. The number of likely N-dealkylation sites (N-methyl/N-ethyl adjacent to an activating group) is 1. The number of aromatic nitrogens is 1. The van der Waals surface area contributed by atoms with E-state index in [1.165, 1.54) is 0 Å². The summed E-state index contributed by atoms with van der Waals surface area (Å²) in [7, 11) is 1.72. The fourth-order valence-corrected chi connectivity index (χ4v) is 4.73. The van der Waals surface area contributed by atoms with Gasteiger partial charge in [0.2, 0.25) is 0 Å². The first-order valence-electron chi connectivity index (χ1n) is 7.79. The lowest BCUT2D eigenvalue weighted by molar-refractivity contribution is -0.115. The van der Waals surface area contributed by atoms with Crippen molar-refractivity contribution in [1.29, 1.82) is 0 Å². The maximum atomic E-state index is 12.4. The lowest BCUT2D eigenvalue weighted by Crippen LogP contribution is -2.57. The molecule has 24 heavy (non-hydrogen) atoms. The lowest BCUT2D eigenvalue weighted by Gasteiger charge is -2.34. The highest BCUT2D eigenvalue weighted by molar-refractivity contribution is 9.10. The van der Waals surface area contributed by atoms with E-state index in [2.05, 4.69) is 32.5 Å². The monoisotopic (exact) mass is 392 g/mol. The first-order chi connectivity index (χ1) is 11.5. The number of ether oxygens (including phenoxy) is 1. The Bertz CT molecular complexity index is 770. The van der Waals surface area contributed by atoms with E-state index in [1.54, 1.807) is 18.0 Å². The molecule has 8 heteroatoms. The maximum Gasteiger partial charge on any atom is 0.319 e. The molecule has 7 nitrogen and oxygen atoms in total. The standard InChI is InChI=1S/C16H17BrN4O3/c1-3-4-7-24-16-8-10-12(13(16)19-15(23)20(16)2)18-14(22)9-5-6-11(17)21(9)10/h1,5-6,10,12-13H,4,7-8H2,2H3,(H,18,22)(H,19,23)/t10-,12-,13+,16+/m1/s1. The second-order valence-corrected chi connectivity index (χ2v) is 7.13. The molecule has 0 unspecified atom stereocenters. The summed E-state index contributed by atoms with van der Waals surface area (Å²) >= 11 is 3.52. The van der Waals surface area contributed by atoms with Crippen LogP contribution in [-0.4, -0.2) is 52.9 Å². The third kappa shape index (κ3) is 1.88. The van der Waals surface area contributed by atoms with E-state index < -0.39 is 5.72 Å². The van der Waals surface area contributed by atoms with Crippen LogP contribution in [0.1, 0.15) is 29.4 Å². The van der Waals surface area contributed by atoms with Crippen molar-refractivity contribution in [3.63, 3.8) is 0 Å². The third-order valence-corrected chi connectivity index (χ3v) is 5.89. The third-order valence-electron chi connectivity index (χ3n) is 5.24. The summed E-state index contributed by atoms with van der Waals surface area (Å²) in [6, 6.07) is 2.86. The molecule has 1 saturated carbocycles. The molecule has 0 radical (unpaired) electrons. The summed E-state index contributed by atoms with van der Waals surface area (Å²) in [4.78, 5) is 26.2. The number of nitrogens with one attached hydrogen (secondary N) is 2. The predicted octanol–water partition coefficient (Wildman–Crippen LogP) is 1.07. The fraction of sp³-hybridized carbons (Fsp3) is 0.500. The van der Waals surface area contributed by atoms with E-state index in [0.29, 0.717) is 25.1 Å². The van der Waals surface area contributed by atoms with Crippen LogP contribution >= 0.6 is 15.9 Å². The molecule has 3 heterocycles. The molecule has 0 spiro atoms. The average molecular weight is 393 g/mol. The van der Waals surface area contributed by atoms with E-state index in [1.807, 2.05) is 10.6 Å². The van der Waals surface area contributed by atoms with Crippen LogP contribution in [0.2, 0.25) is 0 Å². The van der Waals surface area contributed by atoms with Crippen molar-refractivity contribution in [3.05, 3.63) is 22.4 Å². The Balaban J connectivity index is 1.75. The molecule has 1 saturated heterocycles. The van der Waals surface area contributed by atoms with Crippen molar-refractivity contribution in [2.24, 2.45) is 0 Å². The number of fused-ring (bicyclic) bond motifs is 5. The van der Waals surface area contributed by atoms with Crippen LogP contribution in [0.5, 0.6) is 0 Å². The number of hydrogen-bond donors (Lipinski definition) is 2. The minimum absolute atomic E-state index is 0.0130. The van der Waals surface area contributed by atoms with Crippen LogP contribution in [0.25, 0.3) is 0 Å². The van der Waals surface area contributed by atoms with Gasteiger partial charge >= 0.3 is 6.03 Å². The van der Waals surface area contributed by atoms with E-state index in [4.69, 9.17) is 11.2 Å². The fourth-order valence-electron chi connectivity index (χ4n) is 4.14. The highest BCUT2D eigenvalue weighted by Gasteiger charge is 2.65. The van der Waals surface area contributed by atoms with E-state index in [9.17, 15) is 9.59 Å². The van der Waals surface area contributed by atoms with Crippen LogP contribution in [0.15, 0.2) is 16.7 Å². The molecular weight excluding hydrogens is 376 g/mol. The molecule has 1 aromatic heterocycles. The molecular formula is C16H17BrN4O3. The Morgan fingerprint density at radius 1 is 1.46 bits per heavy atom. The minimum Gasteiger partial charge on any atom is -0.352 e. The maximum absolute atomic E-state index is 12.4. The molecule has 4 rings (SSSR count). The highest BCUT2D eigenvalue weighted by atomic mass is 79.9. The number of carbonyl (C=O) groups excluding carboxylic acids is 2. The quantitative estimate of drug-likeness (QED) is 0.596. The molecule has 2 fully saturated rings. The molecule has 3 amide bonds. The van der Waals surface area contributed by atoms with Crippen molar-refractivity contribution < 1.29 is 14.3 Å².